The molecule has 0 radical (unpaired) electrons. The van der Waals surface area contributed by atoms with Crippen molar-refractivity contribution in [3.63, 3.8) is 0 Å². The molecule has 6 nitrogen and oxygen atoms in total. The maximum absolute atomic E-state index is 14.4. The summed E-state index contributed by atoms with van der Waals surface area (Å²) in [5.74, 6) is -3.65. The number of carbonyl (C=O) groups is 2. The molecule has 0 saturated carbocycles. The van der Waals surface area contributed by atoms with Gasteiger partial charge in [-0.05, 0) is 70.4 Å². The van der Waals surface area contributed by atoms with E-state index in [4.69, 9.17) is 0 Å². The van der Waals surface area contributed by atoms with Crippen LogP contribution in [-0.2, 0) is 27.4 Å². The highest BCUT2D eigenvalue weighted by atomic mass is 32.2. The van der Waals surface area contributed by atoms with Crippen LogP contribution in [0.1, 0.15) is 58.9 Å². The molecule has 1 aromatic carbocycles. The van der Waals surface area contributed by atoms with Gasteiger partial charge in [-0.2, -0.15) is 0 Å². The molecule has 4 atom stereocenters. The Balaban J connectivity index is 1.80. The van der Waals surface area contributed by atoms with Crippen LogP contribution in [0.4, 0.5) is 13.2 Å². The van der Waals surface area contributed by atoms with Crippen LogP contribution in [0.5, 0.6) is 0 Å². The Bertz CT molecular complexity index is 882. The van der Waals surface area contributed by atoms with Crippen LogP contribution in [0.2, 0.25) is 0 Å². The number of hydrogen-bond donors (Lipinski definition) is 2. The molecule has 33 heavy (non-hydrogen) atoms. The summed E-state index contributed by atoms with van der Waals surface area (Å²) in [6.07, 6.45) is 2.93. The first-order valence-corrected chi connectivity index (χ1v) is 12.4. The van der Waals surface area contributed by atoms with E-state index in [-0.39, 0.29) is 48.3 Å². The number of nitrogens with zero attached hydrogens (tertiary/aromatic N) is 1. The predicted molar refractivity (Wildman–Crippen MR) is 120 cm³/mol. The molecule has 10 heteroatoms. The average molecular weight is 488 g/mol. The van der Waals surface area contributed by atoms with Gasteiger partial charge in [-0.15, -0.1) is 4.72 Å². The second-order valence-electron chi connectivity index (χ2n) is 9.99. The molecule has 0 aliphatic carbocycles. The second kappa shape index (κ2) is 10.2. The van der Waals surface area contributed by atoms with E-state index in [1.165, 1.54) is 6.92 Å². The molecule has 3 rings (SSSR count). The lowest BCUT2D eigenvalue weighted by Crippen LogP contribution is -2.55. The number of benzene rings is 1. The van der Waals surface area contributed by atoms with Crippen molar-refractivity contribution in [2.45, 2.75) is 82.7 Å². The van der Waals surface area contributed by atoms with Crippen LogP contribution in [-0.4, -0.2) is 50.7 Å². The summed E-state index contributed by atoms with van der Waals surface area (Å²) >= 11 is -1.46. The molecule has 2 N–H and O–H groups in total. The monoisotopic (exact) mass is 487 g/mol. The number of rotatable bonds is 7. The highest BCUT2D eigenvalue weighted by Gasteiger charge is 2.46. The topological polar surface area (TPSA) is 84.5 Å². The van der Waals surface area contributed by atoms with Crippen molar-refractivity contribution < 1.29 is 27.3 Å². The molecule has 3 unspecified atom stereocenters. The third-order valence-electron chi connectivity index (χ3n) is 6.46. The van der Waals surface area contributed by atoms with E-state index < -0.39 is 39.6 Å². The van der Waals surface area contributed by atoms with Crippen LogP contribution in [0.25, 0.3) is 0 Å². The van der Waals surface area contributed by atoms with Crippen molar-refractivity contribution in [1.82, 2.24) is 14.9 Å². The quantitative estimate of drug-likeness (QED) is 0.458. The molecule has 2 heterocycles. The van der Waals surface area contributed by atoms with E-state index in [1.54, 1.807) is 0 Å². The molecule has 2 bridgehead atoms. The third kappa shape index (κ3) is 6.22. The van der Waals surface area contributed by atoms with Gasteiger partial charge in [0.15, 0.2) is 11.6 Å². The highest BCUT2D eigenvalue weighted by molar-refractivity contribution is 7.90. The molecule has 2 aliphatic rings. The standard InChI is InChI=1S/C23H32F3N3O3S/c1-13(30)27-12-22(31)29-16-5-6-17(29)8-15(7-16)21(28-33(32)23(2,3)4)10-14-9-19(25)20(26)11-18(14)24/h9,11,15-17,21,28H,5-8,10,12H2,1-4H3,(H,27,30)/t15?,16?,17?,21-,33?/m1/s1. The first-order valence-electron chi connectivity index (χ1n) is 11.2. The Morgan fingerprint density at radius 3 is 2.24 bits per heavy atom. The number of nitrogens with one attached hydrogen (secondary N) is 2. The summed E-state index contributed by atoms with van der Waals surface area (Å²) in [4.78, 5) is 25.7. The summed E-state index contributed by atoms with van der Waals surface area (Å²) in [5, 5.41) is 2.55. The highest BCUT2D eigenvalue weighted by Crippen LogP contribution is 2.41. The lowest BCUT2D eigenvalue weighted by atomic mass is 9.82. The maximum atomic E-state index is 14.4. The Morgan fingerprint density at radius 1 is 1.12 bits per heavy atom. The fourth-order valence-electron chi connectivity index (χ4n) is 4.82. The molecule has 2 fully saturated rings. The van der Waals surface area contributed by atoms with Crippen LogP contribution < -0.4 is 10.0 Å². The Kier molecular flexibility index (Phi) is 8.01. The van der Waals surface area contributed by atoms with Crippen molar-refractivity contribution in [2.75, 3.05) is 6.54 Å². The van der Waals surface area contributed by atoms with E-state index in [0.717, 1.165) is 18.9 Å². The number of piperidine rings is 1. The van der Waals surface area contributed by atoms with E-state index in [1.807, 2.05) is 25.7 Å². The van der Waals surface area contributed by atoms with Gasteiger partial charge in [-0.1, -0.05) is 0 Å². The SMILES string of the molecule is CC(=O)NCC(=O)N1C2CCC1CC([C@@H](Cc1cc(F)c(F)cc1F)N[S+]([O-])C(C)(C)C)C2. The molecule has 184 valence electrons. The first kappa shape index (κ1) is 25.8. The van der Waals surface area contributed by atoms with Gasteiger partial charge in [0.25, 0.3) is 0 Å². The van der Waals surface area contributed by atoms with Gasteiger partial charge in [0.1, 0.15) is 10.6 Å². The fourth-order valence-corrected chi connectivity index (χ4v) is 5.73. The molecule has 2 amide bonds. The molecule has 1 aromatic rings. The largest absolute Gasteiger partial charge is 0.598 e. The predicted octanol–water partition coefficient (Wildman–Crippen LogP) is 2.97. The average Bonchev–Trinajstić information content (AvgIpc) is 2.98. The van der Waals surface area contributed by atoms with E-state index in [2.05, 4.69) is 10.0 Å². The van der Waals surface area contributed by atoms with E-state index in [9.17, 15) is 27.3 Å². The van der Waals surface area contributed by atoms with Crippen LogP contribution in [0, 0.1) is 23.4 Å². The molecule has 2 aliphatic heterocycles. The number of amides is 2. The molecule has 2 saturated heterocycles. The zero-order chi connectivity index (χ0) is 24.5. The minimum absolute atomic E-state index is 0.0221. The zero-order valence-electron chi connectivity index (χ0n) is 19.4. The van der Waals surface area contributed by atoms with Crippen molar-refractivity contribution in [3.8, 4) is 0 Å². The van der Waals surface area contributed by atoms with Gasteiger partial charge in [-0.25, -0.2) is 13.2 Å². The Hall–Kier alpha value is -1.78. The van der Waals surface area contributed by atoms with Gasteiger partial charge in [0, 0.05) is 36.4 Å². The summed E-state index contributed by atoms with van der Waals surface area (Å²) in [6, 6.07) is 0.893. The summed E-state index contributed by atoms with van der Waals surface area (Å²) in [5.41, 5.74) is 0.0221. The molecular weight excluding hydrogens is 455 g/mol. The number of halogens is 3. The summed E-state index contributed by atoms with van der Waals surface area (Å²) < 4.78 is 57.1. The van der Waals surface area contributed by atoms with Gasteiger partial charge < -0.3 is 14.8 Å². The van der Waals surface area contributed by atoms with Crippen LogP contribution in [0.3, 0.4) is 0 Å². The van der Waals surface area contributed by atoms with Gasteiger partial charge in [0.05, 0.1) is 12.6 Å². The number of hydrogen-bond acceptors (Lipinski definition) is 4. The fraction of sp³-hybridized carbons (Fsp3) is 0.652. The van der Waals surface area contributed by atoms with Gasteiger partial charge in [0.2, 0.25) is 11.8 Å². The van der Waals surface area contributed by atoms with Crippen LogP contribution >= 0.6 is 0 Å². The maximum Gasteiger partial charge on any atom is 0.242 e. The summed E-state index contributed by atoms with van der Waals surface area (Å²) in [7, 11) is 0. The Labute approximate surface area is 196 Å². The lowest BCUT2D eigenvalue weighted by Gasteiger charge is -2.42. The second-order valence-corrected chi connectivity index (χ2v) is 12.0. The molecular formula is C23H32F3N3O3S. The van der Waals surface area contributed by atoms with Crippen molar-refractivity contribution in [3.05, 3.63) is 35.1 Å². The van der Waals surface area contributed by atoms with E-state index in [0.29, 0.717) is 18.9 Å². The smallest absolute Gasteiger partial charge is 0.242 e. The zero-order valence-corrected chi connectivity index (χ0v) is 20.2. The number of fused-ring (bicyclic) bond motifs is 2. The third-order valence-corrected chi connectivity index (χ3v) is 8.09. The Morgan fingerprint density at radius 2 is 1.70 bits per heavy atom. The van der Waals surface area contributed by atoms with E-state index >= 15 is 0 Å². The number of carbonyl (C=O) groups excluding carboxylic acids is 2. The van der Waals surface area contributed by atoms with Crippen molar-refractivity contribution in [2.24, 2.45) is 5.92 Å². The minimum atomic E-state index is -1.46. The minimum Gasteiger partial charge on any atom is -0.598 e. The molecule has 0 spiro atoms. The summed E-state index contributed by atoms with van der Waals surface area (Å²) in [6.45, 7) is 6.76. The normalized spacial score (nSPS) is 24.5. The molecule has 0 aromatic heterocycles. The van der Waals surface area contributed by atoms with Crippen LogP contribution in [0.15, 0.2) is 12.1 Å². The van der Waals surface area contributed by atoms with Gasteiger partial charge in [-0.3, -0.25) is 9.59 Å². The van der Waals surface area contributed by atoms with Gasteiger partial charge >= 0.3 is 0 Å². The first-order chi connectivity index (χ1) is 15.4. The lowest BCUT2D eigenvalue weighted by molar-refractivity contribution is -0.137. The van der Waals surface area contributed by atoms with Crippen molar-refractivity contribution in [1.29, 1.82) is 0 Å². The van der Waals surface area contributed by atoms with Crippen molar-refractivity contribution >= 4 is 23.2 Å².